The minimum absolute atomic E-state index is 0.0218. The molecule has 0 amide bonds. The molecule has 3 heterocycles. The number of fused-ring (bicyclic) bond motifs is 1. The van der Waals surface area contributed by atoms with Gasteiger partial charge in [-0.15, -0.1) is 11.3 Å². The van der Waals surface area contributed by atoms with Gasteiger partial charge in [0.05, 0.1) is 0 Å². The van der Waals surface area contributed by atoms with Gasteiger partial charge in [-0.25, -0.2) is 18.1 Å². The summed E-state index contributed by atoms with van der Waals surface area (Å²) in [6.07, 6.45) is 3.49. The first-order valence-electron chi connectivity index (χ1n) is 6.29. The molecule has 20 heavy (non-hydrogen) atoms. The van der Waals surface area contributed by atoms with Crippen LogP contribution >= 0.6 is 22.9 Å². The highest BCUT2D eigenvalue weighted by Gasteiger charge is 2.29. The molecule has 0 aromatic carbocycles. The van der Waals surface area contributed by atoms with Gasteiger partial charge >= 0.3 is 0 Å². The number of likely N-dealkylation sites (N-methyl/N-ethyl adjacent to an activating group) is 1. The molecule has 1 atom stereocenters. The number of nitrogens with one attached hydrogen (secondary N) is 1. The molecule has 3 rings (SSSR count). The quantitative estimate of drug-likeness (QED) is 0.922. The van der Waals surface area contributed by atoms with Gasteiger partial charge < -0.3 is 4.90 Å². The minimum atomic E-state index is -3.67. The fourth-order valence-corrected chi connectivity index (χ4v) is 5.23. The van der Waals surface area contributed by atoms with Crippen molar-refractivity contribution >= 4 is 37.9 Å². The van der Waals surface area contributed by atoms with Crippen molar-refractivity contribution in [3.05, 3.63) is 16.7 Å². The third-order valence-corrected chi connectivity index (χ3v) is 6.05. The van der Waals surface area contributed by atoms with E-state index < -0.39 is 10.0 Å². The van der Waals surface area contributed by atoms with Crippen LogP contribution in [0, 0.1) is 0 Å². The van der Waals surface area contributed by atoms with Crippen LogP contribution in [0.25, 0.3) is 4.96 Å². The molecule has 0 spiro atoms. The molecule has 1 aliphatic rings. The Kier molecular flexibility index (Phi) is 3.76. The molecule has 2 aromatic heterocycles. The van der Waals surface area contributed by atoms with Gasteiger partial charge in [-0.2, -0.15) is 0 Å². The van der Waals surface area contributed by atoms with Crippen molar-refractivity contribution in [2.24, 2.45) is 0 Å². The van der Waals surface area contributed by atoms with Gasteiger partial charge in [-0.3, -0.25) is 4.40 Å². The second-order valence-electron chi connectivity index (χ2n) is 4.99. The number of hydrogen-bond donors (Lipinski definition) is 1. The molecular weight excluding hydrogens is 320 g/mol. The largest absolute Gasteiger partial charge is 0.305 e. The highest BCUT2D eigenvalue weighted by Crippen LogP contribution is 2.25. The topological polar surface area (TPSA) is 66.7 Å². The van der Waals surface area contributed by atoms with E-state index in [2.05, 4.69) is 14.6 Å². The molecule has 1 aliphatic heterocycles. The van der Waals surface area contributed by atoms with Crippen LogP contribution in [0.4, 0.5) is 0 Å². The number of likely N-dealkylation sites (tertiary alicyclic amines) is 1. The third-order valence-electron chi connectivity index (χ3n) is 3.38. The number of aromatic nitrogens is 2. The number of sulfonamides is 1. The summed E-state index contributed by atoms with van der Waals surface area (Å²) in [4.78, 5) is 6.76. The lowest BCUT2D eigenvalue weighted by Crippen LogP contribution is -2.46. The molecule has 9 heteroatoms. The van der Waals surface area contributed by atoms with Gasteiger partial charge in [0.15, 0.2) is 15.1 Å². The Morgan fingerprint density at radius 2 is 2.35 bits per heavy atom. The van der Waals surface area contributed by atoms with E-state index in [1.54, 1.807) is 11.6 Å². The summed E-state index contributed by atoms with van der Waals surface area (Å²) in [5, 5.41) is 1.84. The number of halogens is 1. The van der Waals surface area contributed by atoms with E-state index >= 15 is 0 Å². The summed E-state index contributed by atoms with van der Waals surface area (Å²) in [5.74, 6) is 0. The maximum atomic E-state index is 12.5. The lowest BCUT2D eigenvalue weighted by atomic mass is 10.1. The Hall–Kier alpha value is -0.670. The fraction of sp³-hybridized carbons (Fsp3) is 0.545. The third kappa shape index (κ3) is 2.58. The highest BCUT2D eigenvalue weighted by molar-refractivity contribution is 7.89. The zero-order valence-corrected chi connectivity index (χ0v) is 13.3. The predicted octanol–water partition coefficient (Wildman–Crippen LogP) is 1.42. The molecule has 0 saturated carbocycles. The Labute approximate surface area is 126 Å². The summed E-state index contributed by atoms with van der Waals surface area (Å²) in [6, 6.07) is -0.0843. The lowest BCUT2D eigenvalue weighted by Gasteiger charge is -2.29. The van der Waals surface area contributed by atoms with Gasteiger partial charge in [0.25, 0.3) is 10.0 Å². The van der Waals surface area contributed by atoms with Gasteiger partial charge in [-0.1, -0.05) is 11.6 Å². The average molecular weight is 335 g/mol. The second kappa shape index (κ2) is 5.27. The lowest BCUT2D eigenvalue weighted by molar-refractivity contribution is 0.242. The zero-order valence-electron chi connectivity index (χ0n) is 10.9. The number of nitrogens with zero attached hydrogens (tertiary/aromatic N) is 3. The smallest absolute Gasteiger partial charge is 0.260 e. The van der Waals surface area contributed by atoms with Crippen molar-refractivity contribution < 1.29 is 8.42 Å². The zero-order chi connectivity index (χ0) is 14.3. The molecule has 110 valence electrons. The van der Waals surface area contributed by atoms with Gasteiger partial charge in [0.2, 0.25) is 0 Å². The number of rotatable bonds is 3. The molecule has 1 fully saturated rings. The summed E-state index contributed by atoms with van der Waals surface area (Å²) in [5.41, 5.74) is 0. The van der Waals surface area contributed by atoms with Crippen molar-refractivity contribution in [1.29, 1.82) is 0 Å². The van der Waals surface area contributed by atoms with E-state index in [0.29, 0.717) is 11.5 Å². The van der Waals surface area contributed by atoms with Gasteiger partial charge in [-0.05, 0) is 26.4 Å². The first kappa shape index (κ1) is 14.3. The first-order valence-corrected chi connectivity index (χ1v) is 9.03. The van der Waals surface area contributed by atoms with Gasteiger partial charge in [0, 0.05) is 24.2 Å². The van der Waals surface area contributed by atoms with Crippen molar-refractivity contribution in [2.75, 3.05) is 20.1 Å². The van der Waals surface area contributed by atoms with E-state index in [9.17, 15) is 8.42 Å². The molecule has 0 radical (unpaired) electrons. The van der Waals surface area contributed by atoms with Crippen LogP contribution in [0.1, 0.15) is 12.8 Å². The van der Waals surface area contributed by atoms with E-state index in [0.717, 1.165) is 19.4 Å². The van der Waals surface area contributed by atoms with Crippen molar-refractivity contribution in [3.8, 4) is 0 Å². The average Bonchev–Trinajstić information content (AvgIpc) is 2.87. The minimum Gasteiger partial charge on any atom is -0.305 e. The molecule has 0 aliphatic carbocycles. The standard InChI is InChI=1S/C11H15ClN4O2S2/c1-15-4-2-3-8(7-15)14-20(17,18)10-9(12)13-11-16(10)5-6-19-11/h5-6,8,14H,2-4,7H2,1H3. The summed E-state index contributed by atoms with van der Waals surface area (Å²) in [6.45, 7) is 1.71. The number of piperidine rings is 1. The predicted molar refractivity (Wildman–Crippen MR) is 78.9 cm³/mol. The Bertz CT molecular complexity index is 724. The van der Waals surface area contributed by atoms with Crippen LogP contribution in [0.15, 0.2) is 16.6 Å². The molecule has 0 bridgehead atoms. The van der Waals surface area contributed by atoms with Crippen LogP contribution in [-0.4, -0.2) is 48.9 Å². The Morgan fingerprint density at radius 3 is 3.10 bits per heavy atom. The van der Waals surface area contributed by atoms with E-state index in [-0.39, 0.29) is 16.2 Å². The first-order chi connectivity index (χ1) is 9.47. The van der Waals surface area contributed by atoms with Crippen LogP contribution in [-0.2, 0) is 10.0 Å². The summed E-state index contributed by atoms with van der Waals surface area (Å²) < 4.78 is 29.3. The van der Waals surface area contributed by atoms with Gasteiger partial charge in [0.1, 0.15) is 0 Å². The van der Waals surface area contributed by atoms with Crippen molar-refractivity contribution in [2.45, 2.75) is 23.9 Å². The van der Waals surface area contributed by atoms with Crippen molar-refractivity contribution in [3.63, 3.8) is 0 Å². The molecule has 2 aromatic rings. The maximum Gasteiger partial charge on any atom is 0.260 e. The fourth-order valence-electron chi connectivity index (χ4n) is 2.52. The van der Waals surface area contributed by atoms with Crippen molar-refractivity contribution in [1.82, 2.24) is 19.0 Å². The summed E-state index contributed by atoms with van der Waals surface area (Å²) >= 11 is 7.34. The molecule has 1 saturated heterocycles. The van der Waals surface area contributed by atoms with Crippen LogP contribution < -0.4 is 4.72 Å². The molecule has 1 unspecified atom stereocenters. The molecule has 6 nitrogen and oxygen atoms in total. The number of hydrogen-bond acceptors (Lipinski definition) is 5. The maximum absolute atomic E-state index is 12.5. The van der Waals surface area contributed by atoms with E-state index in [1.165, 1.54) is 15.7 Å². The highest BCUT2D eigenvalue weighted by atomic mass is 35.5. The second-order valence-corrected chi connectivity index (χ2v) is 7.85. The number of imidazole rings is 1. The van der Waals surface area contributed by atoms with E-state index in [4.69, 9.17) is 11.6 Å². The van der Waals surface area contributed by atoms with Crippen LogP contribution in [0.2, 0.25) is 5.15 Å². The summed E-state index contributed by atoms with van der Waals surface area (Å²) in [7, 11) is -1.68. The molecule has 1 N–H and O–H groups in total. The number of thiazole rings is 1. The molecular formula is C11H15ClN4O2S2. The SMILES string of the molecule is CN1CCCC(NS(=O)(=O)c2c(Cl)nc3sccn23)C1. The van der Waals surface area contributed by atoms with E-state index in [1.807, 2.05) is 7.05 Å². The normalized spacial score (nSPS) is 21.6. The Balaban J connectivity index is 1.91. The monoisotopic (exact) mass is 334 g/mol. The van der Waals surface area contributed by atoms with Crippen LogP contribution in [0.5, 0.6) is 0 Å². The van der Waals surface area contributed by atoms with Crippen LogP contribution in [0.3, 0.4) is 0 Å². The Morgan fingerprint density at radius 1 is 1.55 bits per heavy atom.